The summed E-state index contributed by atoms with van der Waals surface area (Å²) in [6.45, 7) is 10.5. The van der Waals surface area contributed by atoms with Crippen LogP contribution in [0.2, 0.25) is 0 Å². The second-order valence-electron chi connectivity index (χ2n) is 9.41. The minimum absolute atomic E-state index is 0.121. The molecule has 0 atom stereocenters. The highest BCUT2D eigenvalue weighted by atomic mass is 16.6. The van der Waals surface area contributed by atoms with Gasteiger partial charge in [0.25, 0.3) is 0 Å². The van der Waals surface area contributed by atoms with Gasteiger partial charge in [-0.1, -0.05) is 103 Å². The highest BCUT2D eigenvalue weighted by molar-refractivity contribution is 5.69. The van der Waals surface area contributed by atoms with E-state index in [4.69, 9.17) is 28.4 Å². The Morgan fingerprint density at radius 3 is 1.27 bits per heavy atom. The van der Waals surface area contributed by atoms with E-state index in [9.17, 15) is 4.79 Å². The molecule has 0 aromatic carbocycles. The summed E-state index contributed by atoms with van der Waals surface area (Å²) in [5.74, 6) is -0.121. The van der Waals surface area contributed by atoms with Crippen LogP contribution >= 0.6 is 0 Å². The Morgan fingerprint density at radius 1 is 0.514 bits per heavy atom. The third-order valence-corrected chi connectivity index (χ3v) is 6.05. The molecule has 0 aliphatic rings. The van der Waals surface area contributed by atoms with Gasteiger partial charge in [-0.05, 0) is 6.42 Å². The predicted octanol–water partition coefficient (Wildman–Crippen LogP) is 7.02. The molecule has 0 saturated heterocycles. The number of carbonyl (C=O) groups is 1. The van der Waals surface area contributed by atoms with Gasteiger partial charge in [0.2, 0.25) is 0 Å². The first-order valence-electron chi connectivity index (χ1n) is 15.0. The van der Waals surface area contributed by atoms with Crippen LogP contribution in [0, 0.1) is 0 Å². The van der Waals surface area contributed by atoms with Gasteiger partial charge < -0.3 is 28.4 Å². The van der Waals surface area contributed by atoms with Crippen molar-refractivity contribution in [3.8, 4) is 0 Å². The molecule has 0 fully saturated rings. The third kappa shape index (κ3) is 32.8. The van der Waals surface area contributed by atoms with Crippen LogP contribution in [-0.2, 0) is 33.2 Å². The molecule has 220 valence electrons. The van der Waals surface area contributed by atoms with E-state index in [-0.39, 0.29) is 5.97 Å². The fraction of sp³-hybridized carbons (Fsp3) is 0.900. The Bertz CT molecular complexity index is 459. The van der Waals surface area contributed by atoms with Crippen LogP contribution in [-0.4, -0.2) is 72.0 Å². The lowest BCUT2D eigenvalue weighted by molar-refractivity contribution is -0.145. The van der Waals surface area contributed by atoms with Gasteiger partial charge >= 0.3 is 5.97 Å². The van der Waals surface area contributed by atoms with E-state index in [1.165, 1.54) is 89.7 Å². The zero-order chi connectivity index (χ0) is 26.9. The van der Waals surface area contributed by atoms with Gasteiger partial charge in [0.1, 0.15) is 13.2 Å². The number of ether oxygens (including phenoxy) is 6. The van der Waals surface area contributed by atoms with Crippen LogP contribution in [0.25, 0.3) is 0 Å². The molecule has 0 aliphatic heterocycles. The first-order valence-corrected chi connectivity index (χ1v) is 15.0. The van der Waals surface area contributed by atoms with Crippen molar-refractivity contribution in [3.63, 3.8) is 0 Å². The zero-order valence-electron chi connectivity index (χ0n) is 24.0. The van der Waals surface area contributed by atoms with Crippen molar-refractivity contribution >= 4 is 5.97 Å². The van der Waals surface area contributed by atoms with Crippen LogP contribution < -0.4 is 0 Å². The molecule has 0 bridgehead atoms. The Hall–Kier alpha value is -1.15. The molecule has 0 radical (unpaired) electrons. The quantitative estimate of drug-likeness (QED) is 0.0526. The fourth-order valence-electron chi connectivity index (χ4n) is 3.88. The minimum atomic E-state index is -0.121. The van der Waals surface area contributed by atoms with Crippen molar-refractivity contribution in [3.05, 3.63) is 12.8 Å². The molecule has 0 aromatic rings. The molecular weight excluding hydrogens is 472 g/mol. The summed E-state index contributed by atoms with van der Waals surface area (Å²) >= 11 is 0. The van der Waals surface area contributed by atoms with Crippen molar-refractivity contribution < 1.29 is 33.2 Å². The first kappa shape index (κ1) is 35.9. The molecule has 0 aliphatic carbocycles. The molecule has 0 rings (SSSR count). The minimum Gasteiger partial charge on any atom is -0.499 e. The van der Waals surface area contributed by atoms with Crippen molar-refractivity contribution in [2.75, 3.05) is 66.1 Å². The largest absolute Gasteiger partial charge is 0.499 e. The lowest BCUT2D eigenvalue weighted by atomic mass is 10.0. The van der Waals surface area contributed by atoms with Gasteiger partial charge in [0.05, 0.1) is 59.1 Å². The number of hydrogen-bond donors (Lipinski definition) is 0. The summed E-state index contributed by atoms with van der Waals surface area (Å²) in [5.41, 5.74) is 0. The van der Waals surface area contributed by atoms with E-state index in [1.807, 2.05) is 0 Å². The van der Waals surface area contributed by atoms with Crippen LogP contribution in [0.5, 0.6) is 0 Å². The van der Waals surface area contributed by atoms with E-state index >= 15 is 0 Å². The maximum Gasteiger partial charge on any atom is 0.305 e. The Balaban J connectivity index is 3.14. The van der Waals surface area contributed by atoms with Crippen molar-refractivity contribution in [1.29, 1.82) is 0 Å². The average molecular weight is 531 g/mol. The molecule has 0 aromatic heterocycles. The molecule has 0 heterocycles. The molecular formula is C30H58O7. The summed E-state index contributed by atoms with van der Waals surface area (Å²) in [6, 6.07) is 0. The second kappa shape index (κ2) is 32.9. The Labute approximate surface area is 227 Å². The van der Waals surface area contributed by atoms with Gasteiger partial charge in [-0.2, -0.15) is 0 Å². The number of carbonyl (C=O) groups excluding carboxylic acids is 1. The molecule has 37 heavy (non-hydrogen) atoms. The highest BCUT2D eigenvalue weighted by Gasteiger charge is 2.03. The van der Waals surface area contributed by atoms with Gasteiger partial charge in [-0.25, -0.2) is 0 Å². The summed E-state index contributed by atoms with van der Waals surface area (Å²) in [6.07, 6.45) is 21.8. The van der Waals surface area contributed by atoms with E-state index in [2.05, 4.69) is 13.5 Å². The van der Waals surface area contributed by atoms with Crippen LogP contribution in [0.4, 0.5) is 0 Å². The van der Waals surface area contributed by atoms with E-state index < -0.39 is 0 Å². The van der Waals surface area contributed by atoms with E-state index in [0.717, 1.165) is 12.8 Å². The standard InChI is InChI=1S/C30H58O7/c1-3-5-6-7-8-9-10-11-12-13-14-15-16-17-18-19-30(31)37-29-28-36-27-26-35-25-24-34-23-22-33-21-20-32-4-2/h4H,2-3,5-29H2,1H3. The van der Waals surface area contributed by atoms with Gasteiger partial charge in [-0.3, -0.25) is 4.79 Å². The zero-order valence-corrected chi connectivity index (χ0v) is 24.0. The second-order valence-corrected chi connectivity index (χ2v) is 9.41. The highest BCUT2D eigenvalue weighted by Crippen LogP contribution is 2.13. The van der Waals surface area contributed by atoms with Gasteiger partial charge in [0, 0.05) is 6.42 Å². The van der Waals surface area contributed by atoms with Gasteiger partial charge in [0.15, 0.2) is 0 Å². The SMILES string of the molecule is C=COCCOCCOCCOCCOCCOC(=O)CCCCCCCCCCCCCCCCC. The topological polar surface area (TPSA) is 72.5 Å². The molecule has 0 spiro atoms. The van der Waals surface area contributed by atoms with Crippen molar-refractivity contribution in [1.82, 2.24) is 0 Å². The predicted molar refractivity (Wildman–Crippen MR) is 150 cm³/mol. The van der Waals surface area contributed by atoms with Crippen molar-refractivity contribution in [2.24, 2.45) is 0 Å². The van der Waals surface area contributed by atoms with Crippen LogP contribution in [0.15, 0.2) is 12.8 Å². The molecule has 7 nitrogen and oxygen atoms in total. The number of rotatable bonds is 32. The van der Waals surface area contributed by atoms with Crippen molar-refractivity contribution in [2.45, 2.75) is 110 Å². The van der Waals surface area contributed by atoms with E-state index in [1.54, 1.807) is 0 Å². The number of unbranched alkanes of at least 4 members (excludes halogenated alkanes) is 14. The first-order chi connectivity index (χ1) is 18.3. The van der Waals surface area contributed by atoms with E-state index in [0.29, 0.717) is 72.5 Å². The molecule has 0 N–H and O–H groups in total. The van der Waals surface area contributed by atoms with Crippen LogP contribution in [0.3, 0.4) is 0 Å². The summed E-state index contributed by atoms with van der Waals surface area (Å²) < 4.78 is 31.7. The molecule has 0 saturated carbocycles. The smallest absolute Gasteiger partial charge is 0.305 e. The lowest BCUT2D eigenvalue weighted by Gasteiger charge is -2.08. The number of esters is 1. The summed E-state index contributed by atoms with van der Waals surface area (Å²) in [7, 11) is 0. The summed E-state index contributed by atoms with van der Waals surface area (Å²) in [5, 5.41) is 0. The van der Waals surface area contributed by atoms with Crippen LogP contribution in [0.1, 0.15) is 110 Å². The maximum atomic E-state index is 11.8. The maximum absolute atomic E-state index is 11.8. The lowest BCUT2D eigenvalue weighted by Crippen LogP contribution is -2.14. The molecule has 7 heteroatoms. The molecule has 0 amide bonds. The Kier molecular flexibility index (Phi) is 31.9. The average Bonchev–Trinajstić information content (AvgIpc) is 2.90. The summed E-state index contributed by atoms with van der Waals surface area (Å²) in [4.78, 5) is 11.8. The normalized spacial score (nSPS) is 11.1. The monoisotopic (exact) mass is 530 g/mol. The Morgan fingerprint density at radius 2 is 0.865 bits per heavy atom. The number of hydrogen-bond acceptors (Lipinski definition) is 7. The molecule has 0 unspecified atom stereocenters. The van der Waals surface area contributed by atoms with Gasteiger partial charge in [-0.15, -0.1) is 0 Å². The third-order valence-electron chi connectivity index (χ3n) is 6.05. The fourth-order valence-corrected chi connectivity index (χ4v) is 3.88.